The molecule has 0 saturated heterocycles. The van der Waals surface area contributed by atoms with E-state index in [2.05, 4.69) is 31.4 Å². The molecule has 2 aromatic rings. The van der Waals surface area contributed by atoms with E-state index < -0.39 is 17.9 Å². The van der Waals surface area contributed by atoms with Gasteiger partial charge in [0.25, 0.3) is 0 Å². The van der Waals surface area contributed by atoms with Crippen LogP contribution >= 0.6 is 11.3 Å². The number of hydrogen-bond donors (Lipinski definition) is 3. The van der Waals surface area contributed by atoms with Gasteiger partial charge < -0.3 is 15.7 Å². The van der Waals surface area contributed by atoms with Crippen LogP contribution in [0.5, 0.6) is 0 Å². The van der Waals surface area contributed by atoms with E-state index in [4.69, 9.17) is 0 Å². The molecular formula is C18H22N2O3S. The van der Waals surface area contributed by atoms with Crippen LogP contribution in [0, 0.1) is 0 Å². The Bertz CT molecular complexity index is 688. The summed E-state index contributed by atoms with van der Waals surface area (Å²) in [6.45, 7) is 6.30. The topological polar surface area (TPSA) is 78.4 Å². The molecule has 0 fully saturated rings. The number of anilines is 1. The lowest BCUT2D eigenvalue weighted by molar-refractivity contribution is -0.136. The fourth-order valence-electron chi connectivity index (χ4n) is 2.09. The number of thiophene rings is 1. The molecule has 0 spiro atoms. The number of aliphatic hydroxyl groups is 1. The Morgan fingerprint density at radius 2 is 1.79 bits per heavy atom. The summed E-state index contributed by atoms with van der Waals surface area (Å²) in [4.78, 5) is 23.7. The van der Waals surface area contributed by atoms with Crippen LogP contribution in [0.2, 0.25) is 0 Å². The summed E-state index contributed by atoms with van der Waals surface area (Å²) >= 11 is 1.46. The van der Waals surface area contributed by atoms with Crippen molar-refractivity contribution in [2.45, 2.75) is 32.3 Å². The average molecular weight is 346 g/mol. The average Bonchev–Trinajstić information content (AvgIpc) is 3.06. The molecule has 1 unspecified atom stereocenters. The highest BCUT2D eigenvalue weighted by molar-refractivity contribution is 7.07. The molecule has 6 heteroatoms. The molecule has 0 bridgehead atoms. The molecule has 0 saturated carbocycles. The normalized spacial score (nSPS) is 12.5. The summed E-state index contributed by atoms with van der Waals surface area (Å²) in [5.41, 5.74) is 2.45. The number of hydrogen-bond acceptors (Lipinski definition) is 4. The van der Waals surface area contributed by atoms with Gasteiger partial charge in [0.2, 0.25) is 0 Å². The lowest BCUT2D eigenvalue weighted by Crippen LogP contribution is -2.37. The van der Waals surface area contributed by atoms with E-state index in [1.165, 1.54) is 11.3 Å². The van der Waals surface area contributed by atoms with Gasteiger partial charge in [-0.3, -0.25) is 9.59 Å². The quantitative estimate of drug-likeness (QED) is 0.745. The molecule has 0 aliphatic rings. The molecule has 2 amide bonds. The maximum Gasteiger partial charge on any atom is 0.313 e. The zero-order valence-electron chi connectivity index (χ0n) is 14.0. The summed E-state index contributed by atoms with van der Waals surface area (Å²) in [6.07, 6.45) is -0.820. The van der Waals surface area contributed by atoms with Gasteiger partial charge in [-0.05, 0) is 45.5 Å². The first-order valence-corrected chi connectivity index (χ1v) is 8.61. The van der Waals surface area contributed by atoms with Gasteiger partial charge >= 0.3 is 11.8 Å². The van der Waals surface area contributed by atoms with E-state index >= 15 is 0 Å². The highest BCUT2D eigenvalue weighted by Gasteiger charge is 2.17. The number of carbonyl (C=O) groups excluding carboxylic acids is 2. The van der Waals surface area contributed by atoms with Crippen LogP contribution in [0.1, 0.15) is 38.0 Å². The van der Waals surface area contributed by atoms with Crippen LogP contribution in [-0.4, -0.2) is 23.5 Å². The molecule has 2 rings (SSSR count). The number of nitrogens with one attached hydrogen (secondary N) is 2. The number of benzene rings is 1. The van der Waals surface area contributed by atoms with Gasteiger partial charge in [0, 0.05) is 12.2 Å². The zero-order chi connectivity index (χ0) is 17.7. The van der Waals surface area contributed by atoms with Crippen molar-refractivity contribution >= 4 is 28.8 Å². The number of carbonyl (C=O) groups is 2. The number of amides is 2. The molecule has 1 heterocycles. The lowest BCUT2D eigenvalue weighted by atomic mass is 9.87. The van der Waals surface area contributed by atoms with Gasteiger partial charge in [0.1, 0.15) is 0 Å². The second kappa shape index (κ2) is 7.59. The Kier molecular flexibility index (Phi) is 5.75. The van der Waals surface area contributed by atoms with Crippen molar-refractivity contribution in [2.24, 2.45) is 0 Å². The molecule has 0 aliphatic carbocycles. The van der Waals surface area contributed by atoms with Crippen molar-refractivity contribution in [3.63, 3.8) is 0 Å². The summed E-state index contributed by atoms with van der Waals surface area (Å²) in [5, 5.41) is 18.5. The maximum absolute atomic E-state index is 11.9. The smallest absolute Gasteiger partial charge is 0.313 e. The predicted octanol–water partition coefficient (Wildman–Crippen LogP) is 2.83. The molecule has 0 aliphatic heterocycles. The van der Waals surface area contributed by atoms with E-state index in [9.17, 15) is 14.7 Å². The van der Waals surface area contributed by atoms with Crippen LogP contribution in [0.25, 0.3) is 0 Å². The van der Waals surface area contributed by atoms with Gasteiger partial charge in [-0.1, -0.05) is 32.9 Å². The minimum absolute atomic E-state index is 0.00799. The maximum atomic E-state index is 11.9. The Hall–Kier alpha value is -2.18. The van der Waals surface area contributed by atoms with Crippen LogP contribution < -0.4 is 10.6 Å². The molecule has 3 N–H and O–H groups in total. The predicted molar refractivity (Wildman–Crippen MR) is 96.1 cm³/mol. The third kappa shape index (κ3) is 4.91. The molecule has 1 aromatic heterocycles. The minimum atomic E-state index is -0.820. The first-order valence-electron chi connectivity index (χ1n) is 7.67. The van der Waals surface area contributed by atoms with E-state index in [-0.39, 0.29) is 12.0 Å². The fourth-order valence-corrected chi connectivity index (χ4v) is 2.80. The van der Waals surface area contributed by atoms with Crippen molar-refractivity contribution < 1.29 is 14.7 Å². The molecule has 128 valence electrons. The molecule has 1 aromatic carbocycles. The summed E-state index contributed by atoms with van der Waals surface area (Å²) in [6, 6.07) is 9.16. The number of aliphatic hydroxyl groups excluding tert-OH is 1. The van der Waals surface area contributed by atoms with E-state index in [1.54, 1.807) is 23.6 Å². The Morgan fingerprint density at radius 3 is 2.33 bits per heavy atom. The Morgan fingerprint density at radius 1 is 1.12 bits per heavy atom. The van der Waals surface area contributed by atoms with Crippen LogP contribution in [0.15, 0.2) is 41.1 Å². The zero-order valence-corrected chi connectivity index (χ0v) is 14.8. The van der Waals surface area contributed by atoms with Crippen molar-refractivity contribution in [3.8, 4) is 0 Å². The van der Waals surface area contributed by atoms with E-state index in [1.807, 2.05) is 17.5 Å². The molecule has 0 radical (unpaired) electrons. The molecule has 1 atom stereocenters. The van der Waals surface area contributed by atoms with Gasteiger partial charge in [0.15, 0.2) is 0 Å². The van der Waals surface area contributed by atoms with Crippen LogP contribution in [0.3, 0.4) is 0 Å². The fraction of sp³-hybridized carbons (Fsp3) is 0.333. The summed E-state index contributed by atoms with van der Waals surface area (Å²) < 4.78 is 0. The van der Waals surface area contributed by atoms with Gasteiger partial charge in [0.05, 0.1) is 6.10 Å². The van der Waals surface area contributed by atoms with Crippen molar-refractivity contribution in [1.82, 2.24) is 5.32 Å². The number of rotatable bonds is 4. The monoisotopic (exact) mass is 346 g/mol. The third-order valence-electron chi connectivity index (χ3n) is 3.60. The highest BCUT2D eigenvalue weighted by atomic mass is 32.1. The van der Waals surface area contributed by atoms with Gasteiger partial charge in [-0.2, -0.15) is 11.3 Å². The molecular weight excluding hydrogens is 324 g/mol. The second-order valence-electron chi connectivity index (χ2n) is 6.56. The first-order chi connectivity index (χ1) is 11.3. The van der Waals surface area contributed by atoms with Crippen LogP contribution in [0.4, 0.5) is 5.69 Å². The molecule has 24 heavy (non-hydrogen) atoms. The lowest BCUT2D eigenvalue weighted by Gasteiger charge is -2.19. The van der Waals surface area contributed by atoms with Crippen molar-refractivity contribution in [3.05, 3.63) is 52.2 Å². The summed E-state index contributed by atoms with van der Waals surface area (Å²) in [7, 11) is 0. The highest BCUT2D eigenvalue weighted by Crippen LogP contribution is 2.23. The Balaban J connectivity index is 1.86. The van der Waals surface area contributed by atoms with E-state index in [0.29, 0.717) is 5.69 Å². The first kappa shape index (κ1) is 18.2. The second-order valence-corrected chi connectivity index (χ2v) is 7.34. The van der Waals surface area contributed by atoms with Crippen LogP contribution in [-0.2, 0) is 15.0 Å². The van der Waals surface area contributed by atoms with Crippen molar-refractivity contribution in [2.75, 3.05) is 11.9 Å². The SMILES string of the molecule is CC(C)(C)c1ccc(NC(=O)C(=O)NCC(O)c2ccsc2)cc1. The molecule has 5 nitrogen and oxygen atoms in total. The minimum Gasteiger partial charge on any atom is -0.387 e. The largest absolute Gasteiger partial charge is 0.387 e. The van der Waals surface area contributed by atoms with Crippen molar-refractivity contribution in [1.29, 1.82) is 0 Å². The Labute approximate surface area is 145 Å². The third-order valence-corrected chi connectivity index (χ3v) is 4.30. The van der Waals surface area contributed by atoms with Gasteiger partial charge in [-0.15, -0.1) is 0 Å². The van der Waals surface area contributed by atoms with Gasteiger partial charge in [-0.25, -0.2) is 0 Å². The summed E-state index contributed by atoms with van der Waals surface area (Å²) in [5.74, 6) is -1.53. The standard InChI is InChI=1S/C18H22N2O3S/c1-18(2,3)13-4-6-14(7-5-13)20-17(23)16(22)19-10-15(21)12-8-9-24-11-12/h4-9,11,15,21H,10H2,1-3H3,(H,19,22)(H,20,23). The van der Waals surface area contributed by atoms with E-state index in [0.717, 1.165) is 11.1 Å².